The van der Waals surface area contributed by atoms with E-state index in [0.29, 0.717) is 18.9 Å². The number of anilines is 2. The molecule has 0 unspecified atom stereocenters. The van der Waals surface area contributed by atoms with Crippen LogP contribution in [0.1, 0.15) is 26.4 Å². The van der Waals surface area contributed by atoms with E-state index in [1.165, 1.54) is 29.5 Å². The Balaban J connectivity index is 1.33. The number of ether oxygens (including phenoxy) is 1. The molecule has 0 radical (unpaired) electrons. The molecule has 40 heavy (non-hydrogen) atoms. The van der Waals surface area contributed by atoms with Gasteiger partial charge in [-0.25, -0.2) is 18.8 Å². The number of morpholine rings is 1. The maximum atomic E-state index is 13.0. The lowest BCUT2D eigenvalue weighted by atomic mass is 10.1. The van der Waals surface area contributed by atoms with Crippen molar-refractivity contribution in [1.29, 1.82) is 0 Å². The number of carbonyl (C=O) groups is 1. The zero-order chi connectivity index (χ0) is 28.1. The minimum atomic E-state index is -3.90. The molecule has 1 aliphatic rings. The zero-order valence-electron chi connectivity index (χ0n) is 22.1. The molecule has 2 N–H and O–H groups in total. The average Bonchev–Trinajstić information content (AvgIpc) is 3.40. The van der Waals surface area contributed by atoms with E-state index >= 15 is 0 Å². The van der Waals surface area contributed by atoms with E-state index in [1.807, 2.05) is 56.3 Å². The van der Waals surface area contributed by atoms with Crippen molar-refractivity contribution in [2.45, 2.75) is 18.7 Å². The molecule has 0 atom stereocenters. The van der Waals surface area contributed by atoms with Crippen molar-refractivity contribution in [3.05, 3.63) is 94.4 Å². The Labute approximate surface area is 237 Å². The first-order valence-corrected chi connectivity index (χ1v) is 15.0. The normalized spacial score (nSPS) is 13.9. The van der Waals surface area contributed by atoms with Crippen LogP contribution >= 0.6 is 11.3 Å². The summed E-state index contributed by atoms with van der Waals surface area (Å²) in [5.74, 6) is -0.529. The van der Waals surface area contributed by atoms with Crippen LogP contribution in [-0.2, 0) is 14.8 Å². The van der Waals surface area contributed by atoms with Crippen molar-refractivity contribution in [2.75, 3.05) is 35.9 Å². The first-order valence-electron chi connectivity index (χ1n) is 12.7. The van der Waals surface area contributed by atoms with Gasteiger partial charge < -0.3 is 9.64 Å². The summed E-state index contributed by atoms with van der Waals surface area (Å²) < 4.78 is 34.1. The second-order valence-electron chi connectivity index (χ2n) is 9.33. The number of rotatable bonds is 8. The average molecular weight is 576 g/mol. The molecule has 1 saturated heterocycles. The van der Waals surface area contributed by atoms with Crippen molar-refractivity contribution in [1.82, 2.24) is 10.4 Å². The lowest BCUT2D eigenvalue weighted by Gasteiger charge is -2.26. The summed E-state index contributed by atoms with van der Waals surface area (Å²) in [6.45, 7) is 6.59. The molecule has 1 aliphatic heterocycles. The third kappa shape index (κ3) is 6.39. The van der Waals surface area contributed by atoms with Crippen molar-refractivity contribution in [3.63, 3.8) is 0 Å². The lowest BCUT2D eigenvalue weighted by Crippen LogP contribution is -2.36. The SMILES string of the molecule is Cc1ccc(NS(=O)(=O)c2cccc(C(=O)NN=Cc3sc(N4CCOCC4)nc3-c3ccccc3)c2)c(C)c1. The summed E-state index contributed by atoms with van der Waals surface area (Å²) in [6.07, 6.45) is 1.57. The van der Waals surface area contributed by atoms with E-state index in [2.05, 4.69) is 20.1 Å². The second-order valence-corrected chi connectivity index (χ2v) is 12.0. The Kier molecular flexibility index (Phi) is 8.24. The van der Waals surface area contributed by atoms with Gasteiger partial charge in [0, 0.05) is 24.2 Å². The number of thiazole rings is 1. The minimum Gasteiger partial charge on any atom is -0.378 e. The number of hydrogen-bond acceptors (Lipinski definition) is 8. The molecule has 1 aromatic heterocycles. The summed E-state index contributed by atoms with van der Waals surface area (Å²) in [4.78, 5) is 20.7. The molecule has 206 valence electrons. The fourth-order valence-corrected chi connectivity index (χ4v) is 6.44. The van der Waals surface area contributed by atoms with Gasteiger partial charge in [0.2, 0.25) is 0 Å². The van der Waals surface area contributed by atoms with Crippen LogP contribution in [-0.4, -0.2) is 51.8 Å². The van der Waals surface area contributed by atoms with Gasteiger partial charge in [-0.2, -0.15) is 5.10 Å². The zero-order valence-corrected chi connectivity index (χ0v) is 23.8. The number of nitrogens with zero attached hydrogens (tertiary/aromatic N) is 3. The van der Waals surface area contributed by atoms with Crippen LogP contribution in [0, 0.1) is 13.8 Å². The topological polar surface area (TPSA) is 113 Å². The number of carbonyl (C=O) groups excluding carboxylic acids is 1. The van der Waals surface area contributed by atoms with Gasteiger partial charge in [-0.1, -0.05) is 65.4 Å². The Bertz CT molecular complexity index is 1650. The molecule has 1 amide bonds. The number of hydrogen-bond donors (Lipinski definition) is 2. The summed E-state index contributed by atoms with van der Waals surface area (Å²) >= 11 is 1.49. The number of aryl methyl sites for hydroxylation is 2. The van der Waals surface area contributed by atoms with E-state index in [4.69, 9.17) is 9.72 Å². The predicted octanol–water partition coefficient (Wildman–Crippen LogP) is 4.83. The predicted molar refractivity (Wildman–Crippen MR) is 159 cm³/mol. The largest absolute Gasteiger partial charge is 0.378 e. The molecule has 3 aromatic carbocycles. The third-order valence-electron chi connectivity index (χ3n) is 6.35. The molecule has 0 saturated carbocycles. The quantitative estimate of drug-likeness (QED) is 0.230. The molecule has 5 rings (SSSR count). The molecular formula is C29H29N5O4S2. The van der Waals surface area contributed by atoms with E-state index in [9.17, 15) is 13.2 Å². The van der Waals surface area contributed by atoms with E-state index in [-0.39, 0.29) is 10.5 Å². The van der Waals surface area contributed by atoms with E-state index < -0.39 is 15.9 Å². The molecule has 2 heterocycles. The molecular weight excluding hydrogens is 546 g/mol. The molecule has 9 nitrogen and oxygen atoms in total. The van der Waals surface area contributed by atoms with Crippen LogP contribution in [0.15, 0.2) is 82.8 Å². The Morgan fingerprint density at radius 2 is 1.80 bits per heavy atom. The Hall–Kier alpha value is -4.06. The summed E-state index contributed by atoms with van der Waals surface area (Å²) in [7, 11) is -3.90. The maximum absolute atomic E-state index is 13.0. The Morgan fingerprint density at radius 1 is 1.02 bits per heavy atom. The number of aromatic nitrogens is 1. The standard InChI is InChI=1S/C29H29N5O4S2/c1-20-11-12-25(21(2)17-20)33-40(36,37)24-10-6-9-23(18-24)28(35)32-30-19-26-27(22-7-4-3-5-8-22)31-29(39-26)34-13-15-38-16-14-34/h3-12,17-19,33H,13-16H2,1-2H3,(H,32,35). The monoisotopic (exact) mass is 575 g/mol. The van der Waals surface area contributed by atoms with Crippen molar-refractivity contribution in [3.8, 4) is 11.3 Å². The number of hydrazone groups is 1. The van der Waals surface area contributed by atoms with Gasteiger partial charge in [-0.05, 0) is 43.7 Å². The number of nitrogens with one attached hydrogen (secondary N) is 2. The van der Waals surface area contributed by atoms with Crippen LogP contribution in [0.25, 0.3) is 11.3 Å². The Morgan fingerprint density at radius 3 is 2.55 bits per heavy atom. The van der Waals surface area contributed by atoms with Gasteiger partial charge in [-0.3, -0.25) is 9.52 Å². The van der Waals surface area contributed by atoms with Crippen LogP contribution < -0.4 is 15.0 Å². The third-order valence-corrected chi connectivity index (χ3v) is 8.77. The number of benzene rings is 3. The highest BCUT2D eigenvalue weighted by molar-refractivity contribution is 7.92. The molecule has 0 aliphatic carbocycles. The summed E-state index contributed by atoms with van der Waals surface area (Å²) in [5, 5.41) is 5.04. The minimum absolute atomic E-state index is 0.0203. The molecule has 11 heteroatoms. The van der Waals surface area contributed by atoms with Gasteiger partial charge in [0.25, 0.3) is 15.9 Å². The smallest absolute Gasteiger partial charge is 0.271 e. The highest BCUT2D eigenvalue weighted by Gasteiger charge is 2.20. The van der Waals surface area contributed by atoms with Crippen LogP contribution in [0.5, 0.6) is 0 Å². The molecule has 1 fully saturated rings. The van der Waals surface area contributed by atoms with Gasteiger partial charge in [0.1, 0.15) is 0 Å². The molecule has 4 aromatic rings. The van der Waals surface area contributed by atoms with Crippen LogP contribution in [0.3, 0.4) is 0 Å². The number of sulfonamides is 1. The van der Waals surface area contributed by atoms with Gasteiger partial charge >= 0.3 is 0 Å². The van der Waals surface area contributed by atoms with Crippen LogP contribution in [0.4, 0.5) is 10.8 Å². The lowest BCUT2D eigenvalue weighted by molar-refractivity contribution is 0.0955. The maximum Gasteiger partial charge on any atom is 0.271 e. The summed E-state index contributed by atoms with van der Waals surface area (Å²) in [6, 6.07) is 21.1. The second kappa shape index (κ2) is 12.0. The van der Waals surface area contributed by atoms with Gasteiger partial charge in [0.15, 0.2) is 5.13 Å². The fraction of sp³-hybridized carbons (Fsp3) is 0.207. The van der Waals surface area contributed by atoms with E-state index in [1.54, 1.807) is 18.3 Å². The van der Waals surface area contributed by atoms with Crippen LogP contribution in [0.2, 0.25) is 0 Å². The van der Waals surface area contributed by atoms with Gasteiger partial charge in [0.05, 0.1) is 40.6 Å². The molecule has 0 spiro atoms. The first-order chi connectivity index (χ1) is 19.3. The molecule has 0 bridgehead atoms. The number of amides is 1. The van der Waals surface area contributed by atoms with Gasteiger partial charge in [-0.15, -0.1) is 0 Å². The van der Waals surface area contributed by atoms with Crippen molar-refractivity contribution >= 4 is 44.3 Å². The highest BCUT2D eigenvalue weighted by Crippen LogP contribution is 2.32. The van der Waals surface area contributed by atoms with E-state index in [0.717, 1.165) is 45.5 Å². The fourth-order valence-electron chi connectivity index (χ4n) is 4.25. The summed E-state index contributed by atoms with van der Waals surface area (Å²) in [5.41, 5.74) is 6.73. The van der Waals surface area contributed by atoms with Crippen molar-refractivity contribution in [2.24, 2.45) is 5.10 Å². The van der Waals surface area contributed by atoms with Crippen molar-refractivity contribution < 1.29 is 17.9 Å². The highest BCUT2D eigenvalue weighted by atomic mass is 32.2. The first kappa shape index (κ1) is 27.5.